The van der Waals surface area contributed by atoms with Gasteiger partial charge in [0.15, 0.2) is 5.57 Å². The molecule has 0 saturated carbocycles. The molecule has 7 nitrogen and oxygen atoms in total. The summed E-state index contributed by atoms with van der Waals surface area (Å²) in [5, 5.41) is 12.9. The van der Waals surface area contributed by atoms with Gasteiger partial charge in [-0.2, -0.15) is 10.4 Å². The first-order valence-corrected chi connectivity index (χ1v) is 8.78. The van der Waals surface area contributed by atoms with Crippen LogP contribution in [-0.2, 0) is 20.4 Å². The van der Waals surface area contributed by atoms with Crippen LogP contribution in [0.15, 0.2) is 45.6 Å². The third-order valence-corrected chi connectivity index (χ3v) is 3.57. The van der Waals surface area contributed by atoms with Crippen LogP contribution in [0.25, 0.3) is 0 Å². The van der Waals surface area contributed by atoms with Crippen molar-refractivity contribution in [3.8, 4) is 6.07 Å². The Bertz CT molecular complexity index is 687. The maximum atomic E-state index is 11.4. The SMILES string of the molecule is CCOC(=O)/C(C#N)=C/N/S(C)=N\N=C/c1ccc(N(C)C)cc1. The summed E-state index contributed by atoms with van der Waals surface area (Å²) < 4.78 is 11.7. The smallest absolute Gasteiger partial charge is 0.350 e. The molecule has 1 atom stereocenters. The molecule has 0 aliphatic rings. The highest BCUT2D eigenvalue weighted by molar-refractivity contribution is 7.84. The zero-order chi connectivity index (χ0) is 17.9. The van der Waals surface area contributed by atoms with Crippen molar-refractivity contribution < 1.29 is 9.53 Å². The molecule has 1 aromatic rings. The summed E-state index contributed by atoms with van der Waals surface area (Å²) in [6.45, 7) is 1.90. The molecule has 0 radical (unpaired) electrons. The van der Waals surface area contributed by atoms with Crippen LogP contribution in [0.3, 0.4) is 0 Å². The lowest BCUT2D eigenvalue weighted by molar-refractivity contribution is -0.138. The van der Waals surface area contributed by atoms with E-state index >= 15 is 0 Å². The Morgan fingerprint density at radius 3 is 2.62 bits per heavy atom. The van der Waals surface area contributed by atoms with Crippen LogP contribution in [0.1, 0.15) is 12.5 Å². The topological polar surface area (TPSA) is 90.1 Å². The fraction of sp³-hybridized carbons (Fsp3) is 0.312. The lowest BCUT2D eigenvalue weighted by Crippen LogP contribution is -2.13. The fourth-order valence-electron chi connectivity index (χ4n) is 1.53. The molecule has 128 valence electrons. The Morgan fingerprint density at radius 2 is 2.08 bits per heavy atom. The van der Waals surface area contributed by atoms with E-state index in [1.807, 2.05) is 43.3 Å². The van der Waals surface area contributed by atoms with Crippen LogP contribution in [0.2, 0.25) is 0 Å². The van der Waals surface area contributed by atoms with Gasteiger partial charge in [0.2, 0.25) is 0 Å². The molecule has 0 aliphatic heterocycles. The number of anilines is 1. The van der Waals surface area contributed by atoms with Crippen LogP contribution in [0.4, 0.5) is 5.69 Å². The van der Waals surface area contributed by atoms with Gasteiger partial charge in [-0.25, -0.2) is 4.79 Å². The van der Waals surface area contributed by atoms with Crippen molar-refractivity contribution in [3.63, 3.8) is 0 Å². The van der Waals surface area contributed by atoms with E-state index in [2.05, 4.69) is 14.3 Å². The van der Waals surface area contributed by atoms with Gasteiger partial charge in [0.05, 0.1) is 12.8 Å². The summed E-state index contributed by atoms with van der Waals surface area (Å²) in [5.74, 6) is -0.658. The maximum absolute atomic E-state index is 11.4. The number of rotatable bonds is 7. The third kappa shape index (κ3) is 6.62. The van der Waals surface area contributed by atoms with E-state index in [4.69, 9.17) is 10.00 Å². The number of nitriles is 1. The van der Waals surface area contributed by atoms with E-state index in [9.17, 15) is 4.79 Å². The number of carbonyl (C=O) groups is 1. The normalized spacial score (nSPS) is 12.7. The van der Waals surface area contributed by atoms with E-state index in [0.717, 1.165) is 11.3 Å². The summed E-state index contributed by atoms with van der Waals surface area (Å²) in [4.78, 5) is 13.5. The molecule has 1 N–H and O–H groups in total. The predicted octanol–water partition coefficient (Wildman–Crippen LogP) is 1.99. The van der Waals surface area contributed by atoms with E-state index in [-0.39, 0.29) is 12.2 Å². The lowest BCUT2D eigenvalue weighted by atomic mass is 10.2. The molecular formula is C16H21N5O2S. The summed E-state index contributed by atoms with van der Waals surface area (Å²) in [5.41, 5.74) is 1.94. The van der Waals surface area contributed by atoms with Crippen LogP contribution in [0, 0.1) is 11.3 Å². The fourth-order valence-corrected chi connectivity index (χ4v) is 2.06. The van der Waals surface area contributed by atoms with Crippen LogP contribution >= 0.6 is 0 Å². The zero-order valence-corrected chi connectivity index (χ0v) is 15.0. The number of nitrogens with one attached hydrogen (secondary N) is 1. The zero-order valence-electron chi connectivity index (χ0n) is 14.2. The molecule has 0 aromatic heterocycles. The second-order valence-electron chi connectivity index (χ2n) is 4.80. The third-order valence-electron chi connectivity index (χ3n) is 2.78. The van der Waals surface area contributed by atoms with Crippen LogP contribution < -0.4 is 9.62 Å². The van der Waals surface area contributed by atoms with Gasteiger partial charge in [-0.1, -0.05) is 12.1 Å². The van der Waals surface area contributed by atoms with Crippen molar-refractivity contribution in [2.45, 2.75) is 6.92 Å². The first-order chi connectivity index (χ1) is 11.5. The Hall–Kier alpha value is -2.66. The van der Waals surface area contributed by atoms with Crippen molar-refractivity contribution in [2.75, 3.05) is 31.9 Å². The number of nitrogens with zero attached hydrogens (tertiary/aromatic N) is 4. The minimum absolute atomic E-state index is 0.102. The number of esters is 1. The van der Waals surface area contributed by atoms with Gasteiger partial charge in [0.25, 0.3) is 0 Å². The molecule has 1 rings (SSSR count). The van der Waals surface area contributed by atoms with Crippen LogP contribution in [-0.4, -0.2) is 39.1 Å². The van der Waals surface area contributed by atoms with Crippen molar-refractivity contribution >= 4 is 28.7 Å². The molecule has 1 aromatic carbocycles. The number of carbonyl (C=O) groups excluding carboxylic acids is 1. The lowest BCUT2D eigenvalue weighted by Gasteiger charge is -2.11. The first kappa shape index (κ1) is 19.4. The minimum Gasteiger partial charge on any atom is -0.462 e. The second-order valence-corrected chi connectivity index (χ2v) is 6.15. The molecule has 0 fully saturated rings. The molecule has 1 unspecified atom stereocenters. The Labute approximate surface area is 144 Å². The molecule has 0 bridgehead atoms. The number of benzene rings is 1. The average molecular weight is 347 g/mol. The Morgan fingerprint density at radius 1 is 1.42 bits per heavy atom. The highest BCUT2D eigenvalue weighted by Gasteiger charge is 2.08. The number of ether oxygens (including phenoxy) is 1. The van der Waals surface area contributed by atoms with Crippen LogP contribution in [0.5, 0.6) is 0 Å². The summed E-state index contributed by atoms with van der Waals surface area (Å²) in [6.07, 6.45) is 4.72. The van der Waals surface area contributed by atoms with Gasteiger partial charge in [0.1, 0.15) is 6.07 Å². The second kappa shape index (κ2) is 10.2. The average Bonchev–Trinajstić information content (AvgIpc) is 2.56. The van der Waals surface area contributed by atoms with Crippen molar-refractivity contribution in [1.82, 2.24) is 4.72 Å². The Balaban J connectivity index is 2.66. The summed E-state index contributed by atoms with van der Waals surface area (Å²) in [6, 6.07) is 9.66. The standard InChI is InChI=1S/C16H21N5O2S/c1-5-23-16(22)14(10-17)12-19-24(4)20-18-11-13-6-8-15(9-7-13)21(2)3/h6-9,11-12H,5H2,1-4H3,(H,19,20)/b14-12+,18-11-. The van der Waals surface area contributed by atoms with Crippen molar-refractivity contribution in [2.24, 2.45) is 9.57 Å². The quantitative estimate of drug-likeness (QED) is 0.268. The number of hydrogen-bond acceptors (Lipinski definition) is 5. The molecule has 0 amide bonds. The Kier molecular flexibility index (Phi) is 8.22. The van der Waals surface area contributed by atoms with Gasteiger partial charge in [-0.15, -0.1) is 4.47 Å². The summed E-state index contributed by atoms with van der Waals surface area (Å²) >= 11 is 0. The van der Waals surface area contributed by atoms with E-state index in [1.54, 1.807) is 25.5 Å². The van der Waals surface area contributed by atoms with E-state index < -0.39 is 16.8 Å². The van der Waals surface area contributed by atoms with Gasteiger partial charge in [-0.05, 0) is 24.6 Å². The summed E-state index contributed by atoms with van der Waals surface area (Å²) in [7, 11) is 3.29. The molecule has 0 saturated heterocycles. The van der Waals surface area contributed by atoms with E-state index in [0.29, 0.717) is 0 Å². The molecule has 24 heavy (non-hydrogen) atoms. The van der Waals surface area contributed by atoms with Gasteiger partial charge in [-0.3, -0.25) is 0 Å². The largest absolute Gasteiger partial charge is 0.462 e. The first-order valence-electron chi connectivity index (χ1n) is 7.19. The molecule has 8 heteroatoms. The van der Waals surface area contributed by atoms with Gasteiger partial charge >= 0.3 is 5.97 Å². The minimum atomic E-state index is -0.664. The predicted molar refractivity (Wildman–Crippen MR) is 97.5 cm³/mol. The number of hydrogen-bond donors (Lipinski definition) is 1. The molecule has 0 aliphatic carbocycles. The van der Waals surface area contributed by atoms with Crippen molar-refractivity contribution in [3.05, 3.63) is 41.6 Å². The molecular weight excluding hydrogens is 326 g/mol. The van der Waals surface area contributed by atoms with Gasteiger partial charge < -0.3 is 14.4 Å². The highest BCUT2D eigenvalue weighted by Crippen LogP contribution is 2.10. The van der Waals surface area contributed by atoms with Crippen molar-refractivity contribution in [1.29, 1.82) is 5.26 Å². The molecule has 0 heterocycles. The monoisotopic (exact) mass is 347 g/mol. The van der Waals surface area contributed by atoms with Gasteiger partial charge in [0, 0.05) is 43.1 Å². The highest BCUT2D eigenvalue weighted by atomic mass is 32.2. The maximum Gasteiger partial charge on any atom is 0.350 e. The molecule has 0 spiro atoms. The van der Waals surface area contributed by atoms with E-state index in [1.165, 1.54) is 6.20 Å².